The lowest BCUT2D eigenvalue weighted by molar-refractivity contribution is 0.608. The van der Waals surface area contributed by atoms with Crippen LogP contribution in [0, 0.1) is 6.92 Å². The fourth-order valence-corrected chi connectivity index (χ4v) is 4.50. The molecule has 0 unspecified atom stereocenters. The normalized spacial score (nSPS) is 16.2. The summed E-state index contributed by atoms with van der Waals surface area (Å²) in [5, 5.41) is 3.69. The molecule has 3 rings (SSSR count). The molecule has 0 bridgehead atoms. The van der Waals surface area contributed by atoms with Gasteiger partial charge in [-0.1, -0.05) is 55.8 Å². The average molecular weight is 389 g/mol. The SMILES string of the molecule is CC1=C(c2ccc(C(C)C)cc2)S(=O)(=O)N=C1Nc1cc(Cl)ccc1C. The largest absolute Gasteiger partial charge is 0.339 e. The van der Waals surface area contributed by atoms with E-state index in [0.29, 0.717) is 27.9 Å². The van der Waals surface area contributed by atoms with Crippen LogP contribution in [0.25, 0.3) is 4.91 Å². The van der Waals surface area contributed by atoms with Crippen molar-refractivity contribution in [3.8, 4) is 0 Å². The molecule has 0 saturated heterocycles. The molecule has 1 aliphatic heterocycles. The van der Waals surface area contributed by atoms with E-state index in [1.807, 2.05) is 37.3 Å². The summed E-state index contributed by atoms with van der Waals surface area (Å²) in [5.74, 6) is 0.719. The van der Waals surface area contributed by atoms with Gasteiger partial charge >= 0.3 is 0 Å². The Morgan fingerprint density at radius 3 is 2.31 bits per heavy atom. The number of benzene rings is 2. The van der Waals surface area contributed by atoms with Gasteiger partial charge in [0.05, 0.1) is 0 Å². The minimum Gasteiger partial charge on any atom is -0.339 e. The van der Waals surface area contributed by atoms with Gasteiger partial charge < -0.3 is 5.32 Å². The summed E-state index contributed by atoms with van der Waals surface area (Å²) in [4.78, 5) is 0.245. The molecule has 1 heterocycles. The van der Waals surface area contributed by atoms with Crippen LogP contribution in [0.3, 0.4) is 0 Å². The van der Waals surface area contributed by atoms with Crippen molar-refractivity contribution >= 4 is 38.1 Å². The highest BCUT2D eigenvalue weighted by molar-refractivity contribution is 8.00. The fourth-order valence-electron chi connectivity index (χ4n) is 2.89. The van der Waals surface area contributed by atoms with Crippen LogP contribution in [0.4, 0.5) is 5.69 Å². The van der Waals surface area contributed by atoms with Crippen molar-refractivity contribution in [1.82, 2.24) is 0 Å². The van der Waals surface area contributed by atoms with Crippen molar-refractivity contribution in [2.45, 2.75) is 33.6 Å². The summed E-state index contributed by atoms with van der Waals surface area (Å²) in [5.41, 5.74) is 4.10. The van der Waals surface area contributed by atoms with Crippen LogP contribution in [-0.2, 0) is 10.0 Å². The highest BCUT2D eigenvalue weighted by Crippen LogP contribution is 2.34. The molecule has 2 aromatic carbocycles. The summed E-state index contributed by atoms with van der Waals surface area (Å²) >= 11 is 6.05. The first-order valence-electron chi connectivity index (χ1n) is 8.39. The summed E-state index contributed by atoms with van der Waals surface area (Å²) in [7, 11) is -3.74. The van der Waals surface area contributed by atoms with Crippen LogP contribution >= 0.6 is 11.6 Å². The van der Waals surface area contributed by atoms with Crippen molar-refractivity contribution in [3.05, 3.63) is 69.8 Å². The molecule has 26 heavy (non-hydrogen) atoms. The fraction of sp³-hybridized carbons (Fsp3) is 0.250. The highest BCUT2D eigenvalue weighted by atomic mass is 35.5. The van der Waals surface area contributed by atoms with Gasteiger partial charge in [0, 0.05) is 16.3 Å². The third kappa shape index (κ3) is 3.55. The number of rotatable bonds is 3. The van der Waals surface area contributed by atoms with Crippen molar-refractivity contribution in [1.29, 1.82) is 0 Å². The number of anilines is 1. The average Bonchev–Trinajstić information content (AvgIpc) is 2.80. The predicted molar refractivity (Wildman–Crippen MR) is 109 cm³/mol. The summed E-state index contributed by atoms with van der Waals surface area (Å²) < 4.78 is 29.2. The number of aryl methyl sites for hydroxylation is 1. The second kappa shape index (κ2) is 6.89. The zero-order valence-electron chi connectivity index (χ0n) is 15.2. The molecule has 0 atom stereocenters. The molecule has 0 aromatic heterocycles. The van der Waals surface area contributed by atoms with Gasteiger partial charge in [-0.2, -0.15) is 8.42 Å². The summed E-state index contributed by atoms with van der Waals surface area (Å²) in [6.07, 6.45) is 0. The summed E-state index contributed by atoms with van der Waals surface area (Å²) in [6.45, 7) is 7.89. The van der Waals surface area contributed by atoms with Crippen molar-refractivity contribution in [2.24, 2.45) is 4.40 Å². The molecule has 6 heteroatoms. The van der Waals surface area contributed by atoms with Gasteiger partial charge in [0.2, 0.25) is 0 Å². The number of amidine groups is 1. The molecule has 136 valence electrons. The van der Waals surface area contributed by atoms with E-state index in [2.05, 4.69) is 23.6 Å². The predicted octanol–water partition coefficient (Wildman–Crippen LogP) is 5.36. The van der Waals surface area contributed by atoms with Crippen LogP contribution in [0.5, 0.6) is 0 Å². The second-order valence-corrected chi connectivity index (χ2v) is 8.71. The van der Waals surface area contributed by atoms with Crippen LogP contribution in [-0.4, -0.2) is 14.3 Å². The molecule has 0 amide bonds. The maximum Gasteiger partial charge on any atom is 0.285 e. The Kier molecular flexibility index (Phi) is 4.95. The third-order valence-corrected chi connectivity index (χ3v) is 6.17. The number of hydrogen-bond donors (Lipinski definition) is 1. The molecule has 2 aromatic rings. The van der Waals surface area contributed by atoms with E-state index in [1.165, 1.54) is 0 Å². The minimum absolute atomic E-state index is 0.245. The third-order valence-electron chi connectivity index (χ3n) is 4.46. The van der Waals surface area contributed by atoms with E-state index in [0.717, 1.165) is 16.8 Å². The van der Waals surface area contributed by atoms with E-state index >= 15 is 0 Å². The second-order valence-electron chi connectivity index (χ2n) is 6.73. The number of nitrogens with one attached hydrogen (secondary N) is 1. The van der Waals surface area contributed by atoms with Crippen molar-refractivity contribution in [3.63, 3.8) is 0 Å². The van der Waals surface area contributed by atoms with E-state index in [4.69, 9.17) is 11.6 Å². The molecule has 1 N–H and O–H groups in total. The molecular formula is C20H21ClN2O2S. The Balaban J connectivity index is 2.00. The number of halogens is 1. The van der Waals surface area contributed by atoms with Crippen LogP contribution in [0.1, 0.15) is 43.4 Å². The first-order chi connectivity index (χ1) is 12.2. The van der Waals surface area contributed by atoms with Gasteiger partial charge in [0.1, 0.15) is 10.7 Å². The van der Waals surface area contributed by atoms with Gasteiger partial charge in [-0.05, 0) is 48.6 Å². The van der Waals surface area contributed by atoms with Crippen molar-refractivity contribution < 1.29 is 8.42 Å². The maximum absolute atomic E-state index is 12.6. The first kappa shape index (κ1) is 18.7. The van der Waals surface area contributed by atoms with Crippen LogP contribution in [0.2, 0.25) is 5.02 Å². The number of hydrogen-bond acceptors (Lipinski definition) is 3. The Labute approximate surface area is 159 Å². The molecule has 0 fully saturated rings. The van der Waals surface area contributed by atoms with E-state index < -0.39 is 10.0 Å². The Morgan fingerprint density at radius 1 is 1.04 bits per heavy atom. The van der Waals surface area contributed by atoms with E-state index in [-0.39, 0.29) is 4.91 Å². The van der Waals surface area contributed by atoms with Crippen LogP contribution in [0.15, 0.2) is 52.4 Å². The van der Waals surface area contributed by atoms with E-state index in [1.54, 1.807) is 19.1 Å². The zero-order chi connectivity index (χ0) is 19.1. The first-order valence-corrected chi connectivity index (χ1v) is 10.2. The van der Waals surface area contributed by atoms with Crippen molar-refractivity contribution in [2.75, 3.05) is 5.32 Å². The molecule has 1 aliphatic rings. The number of sulfonamides is 1. The van der Waals surface area contributed by atoms with Gasteiger partial charge in [-0.15, -0.1) is 4.40 Å². The number of nitrogens with zero attached hydrogens (tertiary/aromatic N) is 1. The lowest BCUT2D eigenvalue weighted by atomic mass is 10.0. The Bertz CT molecular complexity index is 1020. The maximum atomic E-state index is 12.6. The smallest absolute Gasteiger partial charge is 0.285 e. The molecule has 0 radical (unpaired) electrons. The quantitative estimate of drug-likeness (QED) is 0.770. The van der Waals surface area contributed by atoms with Gasteiger partial charge in [0.15, 0.2) is 0 Å². The monoisotopic (exact) mass is 388 g/mol. The molecule has 4 nitrogen and oxygen atoms in total. The Morgan fingerprint density at radius 2 is 1.69 bits per heavy atom. The molecule has 0 spiro atoms. The molecule has 0 saturated carbocycles. The molecular weight excluding hydrogens is 368 g/mol. The van der Waals surface area contributed by atoms with Gasteiger partial charge in [-0.3, -0.25) is 0 Å². The Hall–Kier alpha value is -2.11. The summed E-state index contributed by atoms with van der Waals surface area (Å²) in [6, 6.07) is 13.0. The lowest BCUT2D eigenvalue weighted by Gasteiger charge is -2.10. The van der Waals surface area contributed by atoms with Gasteiger partial charge in [0.25, 0.3) is 10.0 Å². The van der Waals surface area contributed by atoms with Gasteiger partial charge in [-0.25, -0.2) is 0 Å². The minimum atomic E-state index is -3.74. The standard InChI is InChI=1S/C20H21ClN2O2S/c1-12(2)15-6-8-16(9-7-15)19-14(4)20(23-26(19,24)25)22-18-11-17(21)10-5-13(18)3/h5-12H,1-4H3,(H,22,23). The van der Waals surface area contributed by atoms with Crippen LogP contribution < -0.4 is 5.32 Å². The highest BCUT2D eigenvalue weighted by Gasteiger charge is 2.31. The lowest BCUT2D eigenvalue weighted by Crippen LogP contribution is -2.12. The zero-order valence-corrected chi connectivity index (χ0v) is 16.7. The topological polar surface area (TPSA) is 58.5 Å². The molecule has 0 aliphatic carbocycles. The van der Waals surface area contributed by atoms with E-state index in [9.17, 15) is 8.42 Å².